The summed E-state index contributed by atoms with van der Waals surface area (Å²) in [6.07, 6.45) is 0. The van der Waals surface area contributed by atoms with Crippen LogP contribution in [-0.2, 0) is 24.8 Å². The third kappa shape index (κ3) is 4.93. The van der Waals surface area contributed by atoms with Gasteiger partial charge >= 0.3 is 5.97 Å². The number of fused-ring (bicyclic) bond motifs is 2. The van der Waals surface area contributed by atoms with E-state index in [0.717, 1.165) is 0 Å². The molecule has 0 saturated carbocycles. The molecule has 4 rings (SSSR count). The topological polar surface area (TPSA) is 115 Å². The molecule has 0 heterocycles. The average Bonchev–Trinajstić information content (AvgIpc) is 2.89. The van der Waals surface area contributed by atoms with E-state index in [1.54, 1.807) is 86.5 Å². The zero-order valence-electron chi connectivity index (χ0n) is 21.8. The van der Waals surface area contributed by atoms with Crippen molar-refractivity contribution < 1.29 is 26.7 Å². The van der Waals surface area contributed by atoms with Gasteiger partial charge in [-0.3, -0.25) is 4.79 Å². The number of carbonyl (C=O) groups is 1. The van der Waals surface area contributed by atoms with Gasteiger partial charge in [-0.1, -0.05) is 52.2 Å². The van der Waals surface area contributed by atoms with E-state index in [0.29, 0.717) is 22.1 Å². The van der Waals surface area contributed by atoms with Crippen molar-refractivity contribution in [3.8, 4) is 0 Å². The second kappa shape index (κ2) is 10.7. The van der Waals surface area contributed by atoms with Gasteiger partial charge in [0.25, 0.3) is 20.0 Å². The van der Waals surface area contributed by atoms with Crippen molar-refractivity contribution in [2.75, 3.05) is 43.7 Å². The molecule has 0 aromatic heterocycles. The number of anilines is 2. The molecule has 1 N–H and O–H groups in total. The van der Waals surface area contributed by atoms with Crippen molar-refractivity contribution in [1.29, 1.82) is 0 Å². The highest BCUT2D eigenvalue weighted by Gasteiger charge is 2.46. The number of benzene rings is 4. The molecule has 0 saturated heterocycles. The summed E-state index contributed by atoms with van der Waals surface area (Å²) in [4.78, 5) is 15.3. The number of hydrogen-bond acceptors (Lipinski definition) is 8. The van der Waals surface area contributed by atoms with E-state index in [9.17, 15) is 26.7 Å². The number of carboxylic acids is 1. The van der Waals surface area contributed by atoms with Gasteiger partial charge in [0.1, 0.15) is 6.04 Å². The van der Waals surface area contributed by atoms with Crippen LogP contribution in [0.25, 0.3) is 21.5 Å². The standard InChI is InChI=1S/C27H29N3O6S3/c1-28(2)22-13-5-11-20-18(22)9-7-15-25(20)38(33,34)30(24(17-37)27(31)32)39(35,36)26-16-8-10-19-21(26)12-6-14-23(19)29(3)4/h5-16,24,37H,17H2,1-4H3,(H,31,32)/t24-/m0/s1. The Labute approximate surface area is 233 Å². The zero-order valence-corrected chi connectivity index (χ0v) is 24.3. The van der Waals surface area contributed by atoms with Crippen LogP contribution in [0.4, 0.5) is 11.4 Å². The predicted molar refractivity (Wildman–Crippen MR) is 158 cm³/mol. The number of carboxylic acid groups (broad SMARTS) is 1. The Kier molecular flexibility index (Phi) is 7.86. The van der Waals surface area contributed by atoms with E-state index in [2.05, 4.69) is 12.6 Å². The SMILES string of the molecule is CN(C)c1cccc2c(S(=O)(=O)N([C@@H](CS)C(=O)O)S(=O)(=O)c3cccc4c(N(C)C)cccc34)cccc12. The van der Waals surface area contributed by atoms with Gasteiger partial charge in [0.2, 0.25) is 0 Å². The summed E-state index contributed by atoms with van der Waals surface area (Å²) in [6.45, 7) is 0. The number of sulfonamides is 2. The summed E-state index contributed by atoms with van der Waals surface area (Å²) in [6, 6.07) is 17.1. The van der Waals surface area contributed by atoms with Crippen LogP contribution in [0.2, 0.25) is 0 Å². The summed E-state index contributed by atoms with van der Waals surface area (Å²) in [5.74, 6) is -2.21. The molecule has 0 spiro atoms. The van der Waals surface area contributed by atoms with E-state index in [1.807, 2.05) is 0 Å². The first kappa shape index (κ1) is 28.7. The molecule has 1 atom stereocenters. The van der Waals surface area contributed by atoms with Gasteiger partial charge < -0.3 is 14.9 Å². The largest absolute Gasteiger partial charge is 0.480 e. The molecule has 4 aromatic rings. The fraction of sp³-hybridized carbons (Fsp3) is 0.222. The Morgan fingerprint density at radius 1 is 0.692 bits per heavy atom. The summed E-state index contributed by atoms with van der Waals surface area (Å²) >= 11 is 4.05. The Bertz CT molecular complexity index is 1670. The van der Waals surface area contributed by atoms with Crippen LogP contribution >= 0.6 is 12.6 Å². The molecule has 0 unspecified atom stereocenters. The smallest absolute Gasteiger partial charge is 0.324 e. The summed E-state index contributed by atoms with van der Waals surface area (Å²) in [5.41, 5.74) is 1.43. The Hall–Kier alpha value is -3.32. The van der Waals surface area contributed by atoms with Gasteiger partial charge in [0.05, 0.1) is 9.79 Å². The van der Waals surface area contributed by atoms with Crippen LogP contribution in [0.3, 0.4) is 0 Å². The van der Waals surface area contributed by atoms with Crippen molar-refractivity contribution in [3.63, 3.8) is 0 Å². The van der Waals surface area contributed by atoms with E-state index < -0.39 is 37.8 Å². The van der Waals surface area contributed by atoms with Gasteiger partial charge in [0.15, 0.2) is 0 Å². The maximum Gasteiger partial charge on any atom is 0.324 e. The lowest BCUT2D eigenvalue weighted by molar-refractivity contribution is -0.139. The van der Waals surface area contributed by atoms with Crippen molar-refractivity contribution in [3.05, 3.63) is 72.8 Å². The number of nitrogens with zero attached hydrogens (tertiary/aromatic N) is 3. The number of aliphatic carboxylic acids is 1. The molecule has 0 aliphatic carbocycles. The Morgan fingerprint density at radius 3 is 1.38 bits per heavy atom. The molecule has 206 valence electrons. The van der Waals surface area contributed by atoms with Crippen molar-refractivity contribution in [2.45, 2.75) is 15.8 Å². The molecule has 0 fully saturated rings. The quantitative estimate of drug-likeness (QED) is 0.284. The Balaban J connectivity index is 2.06. The van der Waals surface area contributed by atoms with Crippen LogP contribution in [0, 0.1) is 0 Å². The van der Waals surface area contributed by atoms with Crippen LogP contribution in [0.15, 0.2) is 82.6 Å². The molecule has 0 bridgehead atoms. The van der Waals surface area contributed by atoms with Crippen LogP contribution in [0.5, 0.6) is 0 Å². The van der Waals surface area contributed by atoms with Crippen molar-refractivity contribution in [1.82, 2.24) is 3.71 Å². The summed E-state index contributed by atoms with van der Waals surface area (Å²) < 4.78 is 57.3. The third-order valence-electron chi connectivity index (χ3n) is 6.42. The Morgan fingerprint density at radius 2 is 1.05 bits per heavy atom. The molecular formula is C27H29N3O6S3. The van der Waals surface area contributed by atoms with Gasteiger partial charge in [-0.25, -0.2) is 16.8 Å². The number of thiol groups is 1. The average molecular weight is 588 g/mol. The second-order valence-corrected chi connectivity index (χ2v) is 13.5. The second-order valence-electron chi connectivity index (χ2n) is 9.32. The van der Waals surface area contributed by atoms with Crippen LogP contribution in [0.1, 0.15) is 0 Å². The minimum Gasteiger partial charge on any atom is -0.480 e. The van der Waals surface area contributed by atoms with Crippen molar-refractivity contribution in [2.24, 2.45) is 0 Å². The lowest BCUT2D eigenvalue weighted by Crippen LogP contribution is -2.49. The molecule has 0 aliphatic heterocycles. The van der Waals surface area contributed by atoms with E-state index in [4.69, 9.17) is 0 Å². The fourth-order valence-corrected chi connectivity index (χ4v) is 9.51. The van der Waals surface area contributed by atoms with E-state index >= 15 is 0 Å². The van der Waals surface area contributed by atoms with Gasteiger partial charge in [-0.15, -0.1) is 0 Å². The highest BCUT2D eigenvalue weighted by Crippen LogP contribution is 2.37. The molecular weight excluding hydrogens is 559 g/mol. The van der Waals surface area contributed by atoms with Crippen LogP contribution in [-0.4, -0.2) is 71.6 Å². The van der Waals surface area contributed by atoms with Gasteiger partial charge in [-0.05, 0) is 24.3 Å². The molecule has 0 radical (unpaired) electrons. The van der Waals surface area contributed by atoms with Crippen molar-refractivity contribution >= 4 is 71.6 Å². The summed E-state index contributed by atoms with van der Waals surface area (Å²) in [7, 11) is -2.67. The first-order chi connectivity index (χ1) is 18.3. The number of hydrogen-bond donors (Lipinski definition) is 2. The van der Waals surface area contributed by atoms with E-state index in [1.165, 1.54) is 24.3 Å². The normalized spacial score (nSPS) is 13.1. The zero-order chi connectivity index (χ0) is 28.7. The molecule has 12 heteroatoms. The monoisotopic (exact) mass is 587 g/mol. The first-order valence-electron chi connectivity index (χ1n) is 11.9. The highest BCUT2D eigenvalue weighted by atomic mass is 32.3. The maximum atomic E-state index is 14.3. The fourth-order valence-electron chi connectivity index (χ4n) is 4.65. The van der Waals surface area contributed by atoms with Gasteiger partial charge in [-0.2, -0.15) is 12.6 Å². The molecule has 39 heavy (non-hydrogen) atoms. The number of rotatable bonds is 9. The molecule has 9 nitrogen and oxygen atoms in total. The predicted octanol–water partition coefficient (Wildman–Crippen LogP) is 3.89. The molecule has 0 aliphatic rings. The summed E-state index contributed by atoms with van der Waals surface area (Å²) in [5, 5.41) is 11.7. The minimum atomic E-state index is -4.94. The van der Waals surface area contributed by atoms with E-state index in [-0.39, 0.29) is 24.3 Å². The third-order valence-corrected chi connectivity index (χ3v) is 11.2. The van der Waals surface area contributed by atoms with Gasteiger partial charge in [0, 0.05) is 66.9 Å². The highest BCUT2D eigenvalue weighted by molar-refractivity contribution is 8.04. The first-order valence-corrected chi connectivity index (χ1v) is 15.4. The lowest BCUT2D eigenvalue weighted by Gasteiger charge is -2.28. The minimum absolute atomic E-state index is 0.101. The maximum absolute atomic E-state index is 14.3. The lowest BCUT2D eigenvalue weighted by atomic mass is 10.1. The molecule has 4 aromatic carbocycles. The van der Waals surface area contributed by atoms with Crippen LogP contribution < -0.4 is 9.80 Å². The molecule has 0 amide bonds.